The molecule has 1 unspecified atom stereocenters. The number of furan rings is 2. The largest absolute Gasteiger partial charge is 0.467 e. The van der Waals surface area contributed by atoms with Gasteiger partial charge < -0.3 is 8.83 Å². The fourth-order valence-electron chi connectivity index (χ4n) is 3.91. The summed E-state index contributed by atoms with van der Waals surface area (Å²) in [5, 5.41) is 14.0. The van der Waals surface area contributed by atoms with Crippen molar-refractivity contribution >= 4 is 40.2 Å². The van der Waals surface area contributed by atoms with Crippen LogP contribution in [-0.2, 0) is 4.79 Å². The van der Waals surface area contributed by atoms with E-state index < -0.39 is 0 Å². The Kier molecular flexibility index (Phi) is 4.39. The second-order valence-corrected chi connectivity index (χ2v) is 8.43. The van der Waals surface area contributed by atoms with E-state index in [-0.39, 0.29) is 17.7 Å². The number of para-hydroxylation sites is 2. The van der Waals surface area contributed by atoms with E-state index in [4.69, 9.17) is 8.83 Å². The lowest BCUT2D eigenvalue weighted by Crippen LogP contribution is -2.28. The number of carbonyl (C=O) groups is 1. The van der Waals surface area contributed by atoms with Crippen molar-refractivity contribution in [2.24, 2.45) is 5.10 Å². The number of aryl methyl sites for hydroxylation is 1. The van der Waals surface area contributed by atoms with E-state index in [1.807, 2.05) is 59.9 Å². The molecule has 160 valence electrons. The van der Waals surface area contributed by atoms with Crippen molar-refractivity contribution in [3.8, 4) is 0 Å². The number of fused-ring (bicyclic) bond motifs is 3. The Morgan fingerprint density at radius 3 is 2.94 bits per heavy atom. The number of carbonyl (C=O) groups excluding carboxylic acids is 1. The molecule has 5 heterocycles. The molecule has 1 N–H and O–H groups in total. The Bertz CT molecular complexity index is 1460. The predicted molar refractivity (Wildman–Crippen MR) is 118 cm³/mol. The molecule has 10 heteroatoms. The number of nitrogens with one attached hydrogen (secondary N) is 1. The number of aromatic amines is 1. The predicted octanol–water partition coefficient (Wildman–Crippen LogP) is 4.18. The Morgan fingerprint density at radius 2 is 2.12 bits per heavy atom. The van der Waals surface area contributed by atoms with Gasteiger partial charge in [-0.15, -0.1) is 5.10 Å². The lowest BCUT2D eigenvalue weighted by molar-refractivity contribution is -0.130. The van der Waals surface area contributed by atoms with Gasteiger partial charge in [0.25, 0.3) is 5.91 Å². The number of thioether (sulfide) groups is 1. The van der Waals surface area contributed by atoms with Crippen LogP contribution in [0.2, 0.25) is 0 Å². The van der Waals surface area contributed by atoms with Crippen molar-refractivity contribution in [2.75, 3.05) is 5.75 Å². The van der Waals surface area contributed by atoms with E-state index in [0.29, 0.717) is 28.9 Å². The van der Waals surface area contributed by atoms with Gasteiger partial charge in [0.15, 0.2) is 5.16 Å². The second kappa shape index (κ2) is 7.41. The van der Waals surface area contributed by atoms with Gasteiger partial charge in [0, 0.05) is 6.42 Å². The van der Waals surface area contributed by atoms with Crippen molar-refractivity contribution in [1.82, 2.24) is 24.6 Å². The van der Waals surface area contributed by atoms with Gasteiger partial charge in [0.2, 0.25) is 5.78 Å². The summed E-state index contributed by atoms with van der Waals surface area (Å²) in [6.45, 7) is 1.88. The van der Waals surface area contributed by atoms with Gasteiger partial charge in [-0.3, -0.25) is 9.20 Å². The lowest BCUT2D eigenvalue weighted by atomic mass is 10.1. The van der Waals surface area contributed by atoms with Gasteiger partial charge in [0.1, 0.15) is 29.0 Å². The van der Waals surface area contributed by atoms with Crippen molar-refractivity contribution in [1.29, 1.82) is 0 Å². The molecule has 1 amide bonds. The summed E-state index contributed by atoms with van der Waals surface area (Å²) in [6, 6.07) is 14.9. The number of hydrogen-bond acceptors (Lipinski definition) is 7. The summed E-state index contributed by atoms with van der Waals surface area (Å²) in [5.41, 5.74) is 2.53. The first kappa shape index (κ1) is 18.9. The molecule has 32 heavy (non-hydrogen) atoms. The van der Waals surface area contributed by atoms with E-state index >= 15 is 0 Å². The van der Waals surface area contributed by atoms with Crippen LogP contribution in [-0.4, -0.2) is 42.0 Å². The normalized spacial score (nSPS) is 16.3. The second-order valence-electron chi connectivity index (χ2n) is 7.49. The van der Waals surface area contributed by atoms with E-state index in [0.717, 1.165) is 22.5 Å². The first-order chi connectivity index (χ1) is 15.7. The van der Waals surface area contributed by atoms with Crippen LogP contribution in [0, 0.1) is 6.92 Å². The summed E-state index contributed by atoms with van der Waals surface area (Å²) in [6.07, 6.45) is 2.13. The smallest absolute Gasteiger partial charge is 0.253 e. The molecule has 1 atom stereocenters. The van der Waals surface area contributed by atoms with E-state index in [1.165, 1.54) is 16.8 Å². The molecule has 0 fully saturated rings. The average molecular weight is 446 g/mol. The van der Waals surface area contributed by atoms with Crippen molar-refractivity contribution in [3.63, 3.8) is 0 Å². The van der Waals surface area contributed by atoms with Crippen LogP contribution in [0.4, 0.5) is 0 Å². The summed E-state index contributed by atoms with van der Waals surface area (Å²) in [5.74, 6) is 2.82. The molecule has 5 aromatic rings. The Morgan fingerprint density at radius 1 is 1.22 bits per heavy atom. The molecule has 1 aliphatic heterocycles. The Labute approximate surface area is 186 Å². The topological polar surface area (TPSA) is 105 Å². The zero-order valence-corrected chi connectivity index (χ0v) is 17.9. The minimum Gasteiger partial charge on any atom is -0.467 e. The molecule has 4 aromatic heterocycles. The minimum atomic E-state index is -0.313. The van der Waals surface area contributed by atoms with Gasteiger partial charge in [-0.2, -0.15) is 5.10 Å². The summed E-state index contributed by atoms with van der Waals surface area (Å²) < 4.78 is 13.2. The van der Waals surface area contributed by atoms with Crippen molar-refractivity contribution < 1.29 is 13.6 Å². The van der Waals surface area contributed by atoms with E-state index in [9.17, 15) is 4.79 Å². The highest BCUT2D eigenvalue weighted by molar-refractivity contribution is 7.99. The van der Waals surface area contributed by atoms with Crippen LogP contribution >= 0.6 is 11.8 Å². The number of benzene rings is 1. The maximum Gasteiger partial charge on any atom is 0.253 e. The molecular weight excluding hydrogens is 428 g/mol. The number of imidazole rings is 1. The zero-order chi connectivity index (χ0) is 21.7. The van der Waals surface area contributed by atoms with Crippen LogP contribution in [0.25, 0.3) is 16.8 Å². The number of amides is 1. The third-order valence-corrected chi connectivity index (χ3v) is 6.31. The maximum atomic E-state index is 13.2. The molecule has 0 saturated carbocycles. The fourth-order valence-corrected chi connectivity index (χ4v) is 4.72. The zero-order valence-electron chi connectivity index (χ0n) is 17.1. The summed E-state index contributed by atoms with van der Waals surface area (Å²) >= 11 is 1.34. The molecular formula is C22H18N6O3S. The number of hydrazone groups is 1. The first-order valence-electron chi connectivity index (χ1n) is 10.1. The van der Waals surface area contributed by atoms with Crippen LogP contribution in [0.15, 0.2) is 73.9 Å². The molecule has 0 saturated heterocycles. The van der Waals surface area contributed by atoms with Crippen LogP contribution in [0.1, 0.15) is 29.7 Å². The average Bonchev–Trinajstić information content (AvgIpc) is 3.60. The van der Waals surface area contributed by atoms with Gasteiger partial charge in [0.05, 0.1) is 23.0 Å². The molecule has 1 aliphatic rings. The van der Waals surface area contributed by atoms with Crippen LogP contribution in [0.5, 0.6) is 0 Å². The van der Waals surface area contributed by atoms with E-state index in [1.54, 1.807) is 6.26 Å². The number of hydrogen-bond donors (Lipinski definition) is 1. The summed E-state index contributed by atoms with van der Waals surface area (Å²) in [7, 11) is 0. The molecule has 6 rings (SSSR count). The molecule has 0 radical (unpaired) electrons. The third-order valence-electron chi connectivity index (χ3n) is 5.39. The highest BCUT2D eigenvalue weighted by Crippen LogP contribution is 2.34. The minimum absolute atomic E-state index is 0.143. The van der Waals surface area contributed by atoms with Gasteiger partial charge >= 0.3 is 0 Å². The highest BCUT2D eigenvalue weighted by atomic mass is 32.2. The van der Waals surface area contributed by atoms with Crippen molar-refractivity contribution in [3.05, 3.63) is 72.1 Å². The molecule has 0 spiro atoms. The van der Waals surface area contributed by atoms with Gasteiger partial charge in [-0.1, -0.05) is 23.9 Å². The van der Waals surface area contributed by atoms with Crippen LogP contribution in [0.3, 0.4) is 0 Å². The molecule has 0 aliphatic carbocycles. The van der Waals surface area contributed by atoms with Gasteiger partial charge in [-0.25, -0.2) is 15.1 Å². The summed E-state index contributed by atoms with van der Waals surface area (Å²) in [4.78, 5) is 17.8. The fraction of sp³-hybridized carbons (Fsp3) is 0.182. The molecule has 0 bridgehead atoms. The number of H-pyrrole nitrogens is 1. The first-order valence-corrected chi connectivity index (χ1v) is 11.1. The molecule has 9 nitrogen and oxygen atoms in total. The van der Waals surface area contributed by atoms with E-state index in [2.05, 4.69) is 20.3 Å². The quantitative estimate of drug-likeness (QED) is 0.406. The highest BCUT2D eigenvalue weighted by Gasteiger charge is 2.36. The Balaban J connectivity index is 1.27. The number of aromatic nitrogens is 4. The number of rotatable bonds is 5. The third kappa shape index (κ3) is 3.11. The number of nitrogens with zero attached hydrogens (tertiary/aromatic N) is 5. The van der Waals surface area contributed by atoms with Gasteiger partial charge in [-0.05, 0) is 43.3 Å². The lowest BCUT2D eigenvalue weighted by Gasteiger charge is -2.19. The van der Waals surface area contributed by atoms with Crippen molar-refractivity contribution in [2.45, 2.75) is 24.5 Å². The van der Waals surface area contributed by atoms with Crippen LogP contribution < -0.4 is 0 Å². The standard InChI is InChI=1S/C22H18N6O3S/c1-13-8-9-18(31-13)15-11-17(19-7-4-10-30-19)28(26-15)20(29)12-32-22-25-24-21-23-14-5-2-3-6-16(14)27(21)22/h2-10,17H,11-12H2,1H3,(H,23,24). The molecule has 1 aromatic carbocycles. The maximum absolute atomic E-state index is 13.2. The monoisotopic (exact) mass is 446 g/mol. The SMILES string of the molecule is Cc1ccc(C2=NN(C(=O)CSc3n[nH]c4nc5ccccc5n34)C(c3ccco3)C2)o1. The Hall–Kier alpha value is -3.79.